The number of aryl methyl sites for hydroxylation is 1. The van der Waals surface area contributed by atoms with Crippen LogP contribution >= 0.6 is 11.3 Å². The lowest BCUT2D eigenvalue weighted by Gasteiger charge is -2.21. The van der Waals surface area contributed by atoms with Crippen LogP contribution < -0.4 is 0 Å². The highest BCUT2D eigenvalue weighted by atomic mass is 32.1. The Hall–Kier alpha value is -0.900. The summed E-state index contributed by atoms with van der Waals surface area (Å²) in [6.45, 7) is 5.08. The van der Waals surface area contributed by atoms with Gasteiger partial charge in [-0.2, -0.15) is 4.39 Å². The number of aliphatic carboxylic acids is 1. The second-order valence-electron chi connectivity index (χ2n) is 3.54. The summed E-state index contributed by atoms with van der Waals surface area (Å²) in [5.41, 5.74) is -0.801. The summed E-state index contributed by atoms with van der Waals surface area (Å²) >= 11 is 0.999. The van der Waals surface area contributed by atoms with Crippen molar-refractivity contribution in [1.29, 1.82) is 0 Å². The third kappa shape index (κ3) is 1.66. The van der Waals surface area contributed by atoms with Gasteiger partial charge >= 0.3 is 5.97 Å². The molecule has 1 heterocycles. The molecule has 0 radical (unpaired) electrons. The van der Waals surface area contributed by atoms with Gasteiger partial charge in [0.25, 0.3) is 0 Å². The minimum Gasteiger partial charge on any atom is -0.481 e. The smallest absolute Gasteiger partial charge is 0.313 e. The predicted molar refractivity (Wildman–Crippen MR) is 54.3 cm³/mol. The number of hydrogen-bond acceptors (Lipinski definition) is 2. The van der Waals surface area contributed by atoms with E-state index in [4.69, 9.17) is 5.11 Å². The fourth-order valence-electron chi connectivity index (χ4n) is 1.32. The summed E-state index contributed by atoms with van der Waals surface area (Å²) in [5, 5.41) is 8.68. The van der Waals surface area contributed by atoms with Gasteiger partial charge in [0, 0.05) is 10.4 Å². The van der Waals surface area contributed by atoms with E-state index in [0.717, 1.165) is 16.2 Å². The fourth-order valence-corrected chi connectivity index (χ4v) is 2.17. The molecule has 2 nitrogen and oxygen atoms in total. The van der Waals surface area contributed by atoms with E-state index in [2.05, 4.69) is 0 Å². The van der Waals surface area contributed by atoms with Crippen molar-refractivity contribution in [2.45, 2.75) is 32.6 Å². The van der Waals surface area contributed by atoms with Crippen molar-refractivity contribution >= 4 is 17.3 Å². The normalized spacial score (nSPS) is 15.1. The van der Waals surface area contributed by atoms with Crippen LogP contribution in [0, 0.1) is 12.1 Å². The van der Waals surface area contributed by atoms with Crippen LogP contribution in [0.3, 0.4) is 0 Å². The summed E-state index contributed by atoms with van der Waals surface area (Å²) in [6, 6.07) is 1.62. The molecule has 1 unspecified atom stereocenters. The van der Waals surface area contributed by atoms with Crippen LogP contribution in [-0.2, 0) is 10.2 Å². The van der Waals surface area contributed by atoms with Crippen LogP contribution in [0.15, 0.2) is 6.07 Å². The molecular weight excluding hydrogens is 203 g/mol. The zero-order valence-electron chi connectivity index (χ0n) is 8.43. The van der Waals surface area contributed by atoms with E-state index in [0.29, 0.717) is 12.0 Å². The van der Waals surface area contributed by atoms with Gasteiger partial charge in [0.15, 0.2) is 5.13 Å². The minimum absolute atomic E-state index is 0.301. The summed E-state index contributed by atoms with van der Waals surface area (Å²) < 4.78 is 13.4. The van der Waals surface area contributed by atoms with Crippen molar-refractivity contribution in [3.63, 3.8) is 0 Å². The number of rotatable bonds is 3. The first kappa shape index (κ1) is 11.2. The van der Waals surface area contributed by atoms with Gasteiger partial charge in [-0.25, -0.2) is 0 Å². The Kier molecular flexibility index (Phi) is 2.95. The monoisotopic (exact) mass is 216 g/mol. The van der Waals surface area contributed by atoms with Crippen molar-refractivity contribution in [2.75, 3.05) is 0 Å². The molecule has 78 valence electrons. The Balaban J connectivity index is 3.25. The van der Waals surface area contributed by atoms with Gasteiger partial charge in [-0.3, -0.25) is 4.79 Å². The average Bonchev–Trinajstić information content (AvgIpc) is 2.44. The summed E-state index contributed by atoms with van der Waals surface area (Å²) in [5.74, 6) is -0.975. The molecule has 0 bridgehead atoms. The lowest BCUT2D eigenvalue weighted by molar-refractivity contribution is -0.143. The van der Waals surface area contributed by atoms with Crippen LogP contribution in [0.25, 0.3) is 0 Å². The van der Waals surface area contributed by atoms with Gasteiger partial charge in [0.2, 0.25) is 0 Å². The van der Waals surface area contributed by atoms with Crippen LogP contribution in [0.4, 0.5) is 4.39 Å². The molecule has 1 aromatic heterocycles. The topological polar surface area (TPSA) is 37.3 Å². The maximum Gasteiger partial charge on any atom is 0.313 e. The third-order valence-electron chi connectivity index (χ3n) is 2.58. The molecule has 0 saturated heterocycles. The molecule has 1 N–H and O–H groups in total. The standard InChI is InChI=1S/C10H13FO2S/c1-4-10(3,9(12)13)7-5-6(2)14-8(7)11/h5H,4H2,1-3H3,(H,12,13). The maximum atomic E-state index is 13.4. The Labute approximate surface area is 86.4 Å². The van der Waals surface area contributed by atoms with E-state index in [9.17, 15) is 9.18 Å². The van der Waals surface area contributed by atoms with E-state index < -0.39 is 11.4 Å². The van der Waals surface area contributed by atoms with Crippen molar-refractivity contribution in [1.82, 2.24) is 0 Å². The van der Waals surface area contributed by atoms with Gasteiger partial charge in [0.1, 0.15) is 0 Å². The summed E-state index contributed by atoms with van der Waals surface area (Å²) in [6.07, 6.45) is 0.384. The molecular formula is C10H13FO2S. The molecule has 0 spiro atoms. The van der Waals surface area contributed by atoms with Gasteiger partial charge in [-0.05, 0) is 26.3 Å². The van der Waals surface area contributed by atoms with Crippen molar-refractivity contribution in [2.24, 2.45) is 0 Å². The van der Waals surface area contributed by atoms with Crippen LogP contribution in [0.5, 0.6) is 0 Å². The molecule has 1 atom stereocenters. The molecule has 0 fully saturated rings. The number of hydrogen-bond donors (Lipinski definition) is 1. The number of thiophene rings is 1. The fraction of sp³-hybridized carbons (Fsp3) is 0.500. The van der Waals surface area contributed by atoms with Crippen LogP contribution in [-0.4, -0.2) is 11.1 Å². The minimum atomic E-state index is -1.10. The highest BCUT2D eigenvalue weighted by Crippen LogP contribution is 2.34. The maximum absolute atomic E-state index is 13.4. The predicted octanol–water partition coefficient (Wildman–Crippen LogP) is 2.95. The van der Waals surface area contributed by atoms with Crippen LogP contribution in [0.2, 0.25) is 0 Å². The van der Waals surface area contributed by atoms with Crippen molar-refractivity contribution < 1.29 is 14.3 Å². The van der Waals surface area contributed by atoms with Gasteiger partial charge in [0.05, 0.1) is 5.41 Å². The highest BCUT2D eigenvalue weighted by Gasteiger charge is 2.36. The van der Waals surface area contributed by atoms with Crippen molar-refractivity contribution in [3.8, 4) is 0 Å². The first-order chi connectivity index (χ1) is 6.41. The molecule has 1 rings (SSSR count). The summed E-state index contributed by atoms with van der Waals surface area (Å²) in [4.78, 5) is 11.9. The molecule has 14 heavy (non-hydrogen) atoms. The van der Waals surface area contributed by atoms with Crippen molar-refractivity contribution in [3.05, 3.63) is 21.6 Å². The molecule has 0 aliphatic rings. The van der Waals surface area contributed by atoms with Gasteiger partial charge in [-0.15, -0.1) is 11.3 Å². The molecule has 0 saturated carbocycles. The van der Waals surface area contributed by atoms with E-state index in [1.165, 1.54) is 0 Å². The molecule has 0 aliphatic heterocycles. The number of carbonyl (C=O) groups is 1. The quantitative estimate of drug-likeness (QED) is 0.843. The second kappa shape index (κ2) is 3.69. The number of carboxylic acid groups (broad SMARTS) is 1. The Morgan fingerprint density at radius 1 is 1.71 bits per heavy atom. The van der Waals surface area contributed by atoms with Gasteiger partial charge < -0.3 is 5.11 Å². The SMILES string of the molecule is CCC(C)(C(=O)O)c1cc(C)sc1F. The van der Waals surface area contributed by atoms with E-state index in [1.807, 2.05) is 0 Å². The summed E-state index contributed by atoms with van der Waals surface area (Å²) in [7, 11) is 0. The first-order valence-electron chi connectivity index (χ1n) is 4.41. The molecule has 1 aromatic rings. The zero-order valence-corrected chi connectivity index (χ0v) is 9.24. The molecule has 0 aromatic carbocycles. The number of carboxylic acids is 1. The largest absolute Gasteiger partial charge is 0.481 e. The van der Waals surface area contributed by atoms with Crippen LogP contribution in [0.1, 0.15) is 30.7 Å². The zero-order chi connectivity index (χ0) is 10.9. The van der Waals surface area contributed by atoms with E-state index in [1.54, 1.807) is 26.8 Å². The third-order valence-corrected chi connectivity index (χ3v) is 3.42. The van der Waals surface area contributed by atoms with E-state index >= 15 is 0 Å². The van der Waals surface area contributed by atoms with Gasteiger partial charge in [-0.1, -0.05) is 6.92 Å². The molecule has 0 aliphatic carbocycles. The average molecular weight is 216 g/mol. The first-order valence-corrected chi connectivity index (χ1v) is 5.23. The lowest BCUT2D eigenvalue weighted by atomic mass is 9.81. The Bertz CT molecular complexity index is 359. The molecule has 0 amide bonds. The highest BCUT2D eigenvalue weighted by molar-refractivity contribution is 7.10. The number of halogens is 1. The lowest BCUT2D eigenvalue weighted by Crippen LogP contribution is -2.31. The molecule has 4 heteroatoms. The van der Waals surface area contributed by atoms with E-state index in [-0.39, 0.29) is 5.13 Å². The Morgan fingerprint density at radius 2 is 2.29 bits per heavy atom. The Morgan fingerprint density at radius 3 is 2.57 bits per heavy atom. The second-order valence-corrected chi connectivity index (χ2v) is 4.74.